The second-order valence-corrected chi connectivity index (χ2v) is 4.73. The minimum Gasteiger partial charge on any atom is -0.389 e. The van der Waals surface area contributed by atoms with E-state index in [4.69, 9.17) is 18.0 Å². The molecule has 0 aromatic heterocycles. The third-order valence-electron chi connectivity index (χ3n) is 3.20. The summed E-state index contributed by atoms with van der Waals surface area (Å²) in [6, 6.07) is 7.46. The van der Waals surface area contributed by atoms with Gasteiger partial charge in [0, 0.05) is 18.5 Å². The van der Waals surface area contributed by atoms with Crippen LogP contribution in [0.15, 0.2) is 24.3 Å². The third-order valence-corrected chi connectivity index (χ3v) is 3.42. The van der Waals surface area contributed by atoms with E-state index in [0.717, 1.165) is 24.1 Å². The molecule has 98 valence electrons. The van der Waals surface area contributed by atoms with Gasteiger partial charge in [-0.25, -0.2) is 0 Å². The highest BCUT2D eigenvalue weighted by Gasteiger charge is 2.21. The van der Waals surface area contributed by atoms with E-state index in [2.05, 4.69) is 0 Å². The van der Waals surface area contributed by atoms with Crippen LogP contribution >= 0.6 is 12.2 Å². The smallest absolute Gasteiger partial charge is 0.229 e. The van der Waals surface area contributed by atoms with E-state index < -0.39 is 0 Å². The topological polar surface area (TPSA) is 46.3 Å². The van der Waals surface area contributed by atoms with E-state index >= 15 is 0 Å². The fourth-order valence-electron chi connectivity index (χ4n) is 2.00. The number of hydrogen-bond acceptors (Lipinski definition) is 2. The van der Waals surface area contributed by atoms with Crippen LogP contribution in [0.4, 0.5) is 5.69 Å². The normalized spacial score (nSPS) is 10.4. The van der Waals surface area contributed by atoms with E-state index in [-0.39, 0.29) is 11.8 Å². The summed E-state index contributed by atoms with van der Waals surface area (Å²) in [5.74, 6) is 0.165. The Labute approximate surface area is 114 Å². The van der Waals surface area contributed by atoms with Crippen molar-refractivity contribution in [2.75, 3.05) is 11.9 Å². The first-order valence-electron chi connectivity index (χ1n) is 6.19. The van der Waals surface area contributed by atoms with Crippen LogP contribution < -0.4 is 10.6 Å². The van der Waals surface area contributed by atoms with Crippen LogP contribution in [0.25, 0.3) is 0 Å². The fourth-order valence-corrected chi connectivity index (χ4v) is 2.18. The quantitative estimate of drug-likeness (QED) is 0.832. The van der Waals surface area contributed by atoms with Crippen molar-refractivity contribution < 1.29 is 4.79 Å². The Hall–Kier alpha value is -1.42. The average molecular weight is 264 g/mol. The van der Waals surface area contributed by atoms with Gasteiger partial charge in [0.1, 0.15) is 4.99 Å². The first-order chi connectivity index (χ1) is 8.52. The number of thiocarbonyl (C=S) groups is 1. The summed E-state index contributed by atoms with van der Waals surface area (Å²) in [6.07, 6.45) is 1.68. The predicted octanol–water partition coefficient (Wildman–Crippen LogP) is 2.72. The van der Waals surface area contributed by atoms with Gasteiger partial charge in [-0.05, 0) is 25.0 Å². The molecule has 1 aromatic rings. The van der Waals surface area contributed by atoms with Crippen molar-refractivity contribution in [3.8, 4) is 0 Å². The lowest BCUT2D eigenvalue weighted by atomic mass is 10.0. The van der Waals surface area contributed by atoms with Crippen molar-refractivity contribution in [1.29, 1.82) is 0 Å². The molecule has 0 aliphatic rings. The van der Waals surface area contributed by atoms with Crippen molar-refractivity contribution >= 4 is 28.8 Å². The molecule has 0 aliphatic heterocycles. The maximum Gasteiger partial charge on any atom is 0.229 e. The van der Waals surface area contributed by atoms with Gasteiger partial charge in [-0.1, -0.05) is 38.2 Å². The molecule has 2 N–H and O–H groups in total. The number of hydrogen-bond donors (Lipinski definition) is 1. The zero-order valence-corrected chi connectivity index (χ0v) is 12.0. The number of nitrogens with two attached hydrogens (primary N) is 1. The molecule has 3 nitrogen and oxygen atoms in total. The number of amides is 1. The lowest BCUT2D eigenvalue weighted by Crippen LogP contribution is -2.33. The molecule has 0 spiro atoms. The molecule has 0 aliphatic carbocycles. The number of anilines is 1. The summed E-state index contributed by atoms with van der Waals surface area (Å²) < 4.78 is 0. The van der Waals surface area contributed by atoms with Gasteiger partial charge in [-0.15, -0.1) is 0 Å². The Bertz CT molecular complexity index is 441. The highest BCUT2D eigenvalue weighted by atomic mass is 32.1. The standard InChI is InChI=1S/C14H20N2OS/c1-4-10(5-2)14(17)16(3)12-9-7-6-8-11(12)13(15)18/h6-10H,4-5H2,1-3H3,(H2,15,18). The van der Waals surface area contributed by atoms with E-state index in [1.165, 1.54) is 0 Å². The van der Waals surface area contributed by atoms with Crippen LogP contribution in [-0.4, -0.2) is 17.9 Å². The second kappa shape index (κ2) is 6.50. The zero-order valence-electron chi connectivity index (χ0n) is 11.1. The Morgan fingerprint density at radius 2 is 1.89 bits per heavy atom. The summed E-state index contributed by atoms with van der Waals surface area (Å²) in [5, 5.41) is 0. The highest BCUT2D eigenvalue weighted by Crippen LogP contribution is 2.22. The number of carbonyl (C=O) groups is 1. The van der Waals surface area contributed by atoms with Crippen molar-refractivity contribution in [1.82, 2.24) is 0 Å². The molecule has 0 atom stereocenters. The van der Waals surface area contributed by atoms with E-state index in [0.29, 0.717) is 4.99 Å². The molecule has 0 radical (unpaired) electrons. The molecule has 0 unspecified atom stereocenters. The van der Waals surface area contributed by atoms with E-state index in [9.17, 15) is 4.79 Å². The van der Waals surface area contributed by atoms with Crippen LogP contribution in [0.1, 0.15) is 32.3 Å². The maximum atomic E-state index is 12.3. The molecule has 1 amide bonds. The molecule has 0 saturated carbocycles. The number of rotatable bonds is 5. The minimum absolute atomic E-state index is 0.0504. The lowest BCUT2D eigenvalue weighted by molar-refractivity contribution is -0.122. The van der Waals surface area contributed by atoms with Crippen LogP contribution in [0, 0.1) is 5.92 Å². The minimum atomic E-state index is 0.0504. The first-order valence-corrected chi connectivity index (χ1v) is 6.60. The van der Waals surface area contributed by atoms with Crippen molar-refractivity contribution in [3.05, 3.63) is 29.8 Å². The van der Waals surface area contributed by atoms with Gasteiger partial charge in [0.05, 0.1) is 5.69 Å². The molecule has 1 aromatic carbocycles. The summed E-state index contributed by atoms with van der Waals surface area (Å²) in [5.41, 5.74) is 7.21. The Kier molecular flexibility index (Phi) is 5.28. The van der Waals surface area contributed by atoms with Crippen LogP contribution in [0.3, 0.4) is 0 Å². The summed E-state index contributed by atoms with van der Waals surface area (Å²) in [4.78, 5) is 14.3. The number of para-hydroxylation sites is 1. The predicted molar refractivity (Wildman–Crippen MR) is 79.8 cm³/mol. The summed E-state index contributed by atoms with van der Waals surface area (Å²) in [6.45, 7) is 4.05. The Balaban J connectivity index is 3.07. The molecular weight excluding hydrogens is 244 g/mol. The Morgan fingerprint density at radius 3 is 2.39 bits per heavy atom. The van der Waals surface area contributed by atoms with E-state index in [1.807, 2.05) is 38.1 Å². The molecular formula is C14H20N2OS. The van der Waals surface area contributed by atoms with Crippen LogP contribution in [-0.2, 0) is 4.79 Å². The van der Waals surface area contributed by atoms with Crippen molar-refractivity contribution in [2.45, 2.75) is 26.7 Å². The van der Waals surface area contributed by atoms with Gasteiger partial charge in [0.25, 0.3) is 0 Å². The van der Waals surface area contributed by atoms with Crippen molar-refractivity contribution in [3.63, 3.8) is 0 Å². The summed E-state index contributed by atoms with van der Waals surface area (Å²) >= 11 is 5.02. The van der Waals surface area contributed by atoms with Gasteiger partial charge in [0.2, 0.25) is 5.91 Å². The van der Waals surface area contributed by atoms with Gasteiger partial charge in [-0.2, -0.15) is 0 Å². The molecule has 0 saturated heterocycles. The maximum absolute atomic E-state index is 12.3. The Morgan fingerprint density at radius 1 is 1.33 bits per heavy atom. The third kappa shape index (κ3) is 3.07. The number of carbonyl (C=O) groups excluding carboxylic acids is 1. The van der Waals surface area contributed by atoms with Gasteiger partial charge in [0.15, 0.2) is 0 Å². The van der Waals surface area contributed by atoms with Gasteiger partial charge >= 0.3 is 0 Å². The molecule has 1 rings (SSSR count). The number of nitrogens with zero attached hydrogens (tertiary/aromatic N) is 1. The molecule has 0 bridgehead atoms. The zero-order chi connectivity index (χ0) is 13.7. The van der Waals surface area contributed by atoms with Crippen molar-refractivity contribution in [2.24, 2.45) is 11.7 Å². The SMILES string of the molecule is CCC(CC)C(=O)N(C)c1ccccc1C(N)=S. The average Bonchev–Trinajstić information content (AvgIpc) is 2.39. The monoisotopic (exact) mass is 264 g/mol. The molecule has 0 heterocycles. The lowest BCUT2D eigenvalue weighted by Gasteiger charge is -2.24. The van der Waals surface area contributed by atoms with Gasteiger partial charge < -0.3 is 10.6 Å². The van der Waals surface area contributed by atoms with Gasteiger partial charge in [-0.3, -0.25) is 4.79 Å². The molecule has 4 heteroatoms. The first kappa shape index (κ1) is 14.6. The molecule has 0 fully saturated rings. The van der Waals surface area contributed by atoms with Crippen LogP contribution in [0.5, 0.6) is 0 Å². The second-order valence-electron chi connectivity index (χ2n) is 4.29. The number of benzene rings is 1. The highest BCUT2D eigenvalue weighted by molar-refractivity contribution is 7.80. The van der Waals surface area contributed by atoms with Crippen LogP contribution in [0.2, 0.25) is 0 Å². The van der Waals surface area contributed by atoms with E-state index in [1.54, 1.807) is 11.9 Å². The molecule has 18 heavy (non-hydrogen) atoms. The summed E-state index contributed by atoms with van der Waals surface area (Å²) in [7, 11) is 1.78. The largest absolute Gasteiger partial charge is 0.389 e. The fraction of sp³-hybridized carbons (Fsp3) is 0.429.